The first-order chi connectivity index (χ1) is 9.54. The number of allylic oxidation sites excluding steroid dienone is 1. The van der Waals surface area contributed by atoms with Crippen LogP contribution in [0.2, 0.25) is 0 Å². The molecule has 0 atom stereocenters. The van der Waals surface area contributed by atoms with E-state index in [0.717, 1.165) is 5.56 Å². The fraction of sp³-hybridized carbons (Fsp3) is 0.556. The van der Waals surface area contributed by atoms with Gasteiger partial charge in [0, 0.05) is 31.9 Å². The summed E-state index contributed by atoms with van der Waals surface area (Å²) in [5.41, 5.74) is 0.122. The summed E-state index contributed by atoms with van der Waals surface area (Å²) >= 11 is 0. The van der Waals surface area contributed by atoms with Gasteiger partial charge in [0.2, 0.25) is 0 Å². The van der Waals surface area contributed by atoms with Crippen molar-refractivity contribution in [2.45, 2.75) is 53.5 Å². The maximum atomic E-state index is 11.4. The Labute approximate surface area is 128 Å². The van der Waals surface area contributed by atoms with Gasteiger partial charge in [-0.2, -0.15) is 4.57 Å². The van der Waals surface area contributed by atoms with Crippen LogP contribution in [0.15, 0.2) is 30.6 Å². The molecule has 116 valence electrons. The summed E-state index contributed by atoms with van der Waals surface area (Å²) in [6, 6.07) is 4.07. The average Bonchev–Trinajstić information content (AvgIpc) is 2.35. The van der Waals surface area contributed by atoms with Crippen molar-refractivity contribution in [2.75, 3.05) is 0 Å². The fourth-order valence-corrected chi connectivity index (χ4v) is 2.52. The molecule has 21 heavy (non-hydrogen) atoms. The van der Waals surface area contributed by atoms with Crippen LogP contribution in [0.4, 0.5) is 0 Å². The number of carboxylic acid groups (broad SMARTS) is 1. The van der Waals surface area contributed by atoms with Crippen LogP contribution < -0.4 is 4.57 Å². The topological polar surface area (TPSA) is 41.2 Å². The van der Waals surface area contributed by atoms with E-state index in [2.05, 4.69) is 56.7 Å². The summed E-state index contributed by atoms with van der Waals surface area (Å²) in [5, 5.41) is 9.33. The highest BCUT2D eigenvalue weighted by atomic mass is 16.4. The normalized spacial score (nSPS) is 13.1. The van der Waals surface area contributed by atoms with E-state index < -0.39 is 11.4 Å². The second-order valence-electron chi connectivity index (χ2n) is 7.33. The molecule has 1 rings (SSSR count). The van der Waals surface area contributed by atoms with E-state index in [1.807, 2.05) is 12.3 Å². The monoisotopic (exact) mass is 290 g/mol. The van der Waals surface area contributed by atoms with Gasteiger partial charge < -0.3 is 5.11 Å². The molecule has 1 aromatic heterocycles. The van der Waals surface area contributed by atoms with Crippen LogP contribution in [0.5, 0.6) is 0 Å². The van der Waals surface area contributed by atoms with E-state index >= 15 is 0 Å². The zero-order chi connectivity index (χ0) is 16.3. The van der Waals surface area contributed by atoms with Gasteiger partial charge in [0.25, 0.3) is 0 Å². The van der Waals surface area contributed by atoms with Gasteiger partial charge in [-0.15, -0.1) is 0 Å². The van der Waals surface area contributed by atoms with Crippen LogP contribution in [0.1, 0.15) is 53.5 Å². The van der Waals surface area contributed by atoms with Gasteiger partial charge in [-0.25, -0.2) is 0 Å². The Balaban J connectivity index is 3.03. The van der Waals surface area contributed by atoms with Crippen LogP contribution in [0, 0.1) is 11.3 Å². The molecule has 0 saturated heterocycles. The molecule has 1 aromatic rings. The first kappa shape index (κ1) is 17.4. The summed E-state index contributed by atoms with van der Waals surface area (Å²) in [4.78, 5) is 11.4. The molecule has 1 heterocycles. The molecule has 0 aliphatic heterocycles. The van der Waals surface area contributed by atoms with Crippen LogP contribution in [0.3, 0.4) is 0 Å². The van der Waals surface area contributed by atoms with Gasteiger partial charge in [0.1, 0.15) is 0 Å². The molecule has 0 fully saturated rings. The van der Waals surface area contributed by atoms with Crippen molar-refractivity contribution < 1.29 is 14.5 Å². The first-order valence-corrected chi connectivity index (χ1v) is 7.48. The standard InChI is InChI=1S/C18H27NO2/c1-14(2)9-10-15-8-7-11-19(12-15)18(5,6)13-17(3,4)16(20)21/h7-12,14H,13H2,1-6H3/p+1/b10-9+. The Morgan fingerprint density at radius 2 is 1.95 bits per heavy atom. The van der Waals surface area contributed by atoms with Crippen molar-refractivity contribution in [1.29, 1.82) is 0 Å². The number of pyridine rings is 1. The number of hydrogen-bond donors (Lipinski definition) is 1. The highest BCUT2D eigenvalue weighted by molar-refractivity contribution is 5.73. The number of rotatable bonds is 6. The molecule has 0 radical (unpaired) electrons. The minimum Gasteiger partial charge on any atom is -0.481 e. The first-order valence-electron chi connectivity index (χ1n) is 7.48. The van der Waals surface area contributed by atoms with Gasteiger partial charge in [-0.05, 0) is 25.8 Å². The number of hydrogen-bond acceptors (Lipinski definition) is 1. The van der Waals surface area contributed by atoms with Gasteiger partial charge >= 0.3 is 5.97 Å². The van der Waals surface area contributed by atoms with Gasteiger partial charge in [0.15, 0.2) is 17.9 Å². The minimum absolute atomic E-state index is 0.260. The summed E-state index contributed by atoms with van der Waals surface area (Å²) in [7, 11) is 0. The van der Waals surface area contributed by atoms with Gasteiger partial charge in [-0.3, -0.25) is 4.79 Å². The van der Waals surface area contributed by atoms with E-state index in [4.69, 9.17) is 0 Å². The van der Waals surface area contributed by atoms with Crippen molar-refractivity contribution in [2.24, 2.45) is 11.3 Å². The summed E-state index contributed by atoms with van der Waals surface area (Å²) < 4.78 is 2.11. The third-order valence-corrected chi connectivity index (χ3v) is 3.65. The molecule has 0 bridgehead atoms. The van der Waals surface area contributed by atoms with Crippen LogP contribution in [0.25, 0.3) is 6.08 Å². The third-order valence-electron chi connectivity index (χ3n) is 3.65. The van der Waals surface area contributed by atoms with E-state index in [-0.39, 0.29) is 5.54 Å². The molecule has 0 unspecified atom stereocenters. The van der Waals surface area contributed by atoms with Crippen molar-refractivity contribution in [3.8, 4) is 0 Å². The lowest BCUT2D eigenvalue weighted by molar-refractivity contribution is -0.760. The Bertz CT molecular complexity index is 528. The molecule has 0 aromatic carbocycles. The predicted octanol–water partition coefficient (Wildman–Crippen LogP) is 3.88. The van der Waals surface area contributed by atoms with Crippen molar-refractivity contribution in [1.82, 2.24) is 0 Å². The maximum Gasteiger partial charge on any atom is 0.309 e. The van der Waals surface area contributed by atoms with Gasteiger partial charge in [0.05, 0.1) is 5.41 Å². The number of aromatic nitrogens is 1. The Morgan fingerprint density at radius 1 is 1.33 bits per heavy atom. The lowest BCUT2D eigenvalue weighted by atomic mass is 9.80. The number of aliphatic carboxylic acids is 1. The summed E-state index contributed by atoms with van der Waals surface area (Å²) in [6.45, 7) is 12.0. The fourth-order valence-electron chi connectivity index (χ4n) is 2.52. The molecular weight excluding hydrogens is 262 g/mol. The summed E-state index contributed by atoms with van der Waals surface area (Å²) in [6.07, 6.45) is 8.92. The molecule has 0 amide bonds. The SMILES string of the molecule is CC(C)/C=C/c1ccc[n+](C(C)(C)CC(C)(C)C(=O)O)c1. The quantitative estimate of drug-likeness (QED) is 0.808. The second kappa shape index (κ2) is 6.42. The molecule has 3 nitrogen and oxygen atoms in total. The smallest absolute Gasteiger partial charge is 0.309 e. The molecule has 0 aliphatic carbocycles. The van der Waals surface area contributed by atoms with Gasteiger partial charge in [-0.1, -0.05) is 26.0 Å². The number of carboxylic acids is 1. The third kappa shape index (κ3) is 5.00. The van der Waals surface area contributed by atoms with E-state index in [1.54, 1.807) is 13.8 Å². The molecule has 0 spiro atoms. The van der Waals surface area contributed by atoms with Crippen LogP contribution in [-0.2, 0) is 10.3 Å². The maximum absolute atomic E-state index is 11.4. The zero-order valence-corrected chi connectivity index (χ0v) is 14.1. The highest BCUT2D eigenvalue weighted by Gasteiger charge is 2.40. The average molecular weight is 290 g/mol. The van der Waals surface area contributed by atoms with E-state index in [1.165, 1.54) is 0 Å². The zero-order valence-electron chi connectivity index (χ0n) is 14.1. The number of carbonyl (C=O) groups is 1. The molecular formula is C18H28NO2+. The summed E-state index contributed by atoms with van der Waals surface area (Å²) in [5.74, 6) is -0.246. The van der Waals surface area contributed by atoms with Crippen molar-refractivity contribution >= 4 is 12.0 Å². The molecule has 0 saturated carbocycles. The number of nitrogens with zero attached hydrogens (tertiary/aromatic N) is 1. The van der Waals surface area contributed by atoms with Crippen molar-refractivity contribution in [3.05, 3.63) is 36.2 Å². The minimum atomic E-state index is -0.757. The molecule has 0 aliphatic rings. The van der Waals surface area contributed by atoms with E-state index in [0.29, 0.717) is 12.3 Å². The lowest BCUT2D eigenvalue weighted by Crippen LogP contribution is -2.54. The van der Waals surface area contributed by atoms with E-state index in [9.17, 15) is 9.90 Å². The predicted molar refractivity (Wildman–Crippen MR) is 85.9 cm³/mol. The van der Waals surface area contributed by atoms with Crippen LogP contribution in [-0.4, -0.2) is 11.1 Å². The lowest BCUT2D eigenvalue weighted by Gasteiger charge is -2.28. The highest BCUT2D eigenvalue weighted by Crippen LogP contribution is 2.29. The molecule has 3 heteroatoms. The molecule has 1 N–H and O–H groups in total. The Kier molecular flexibility index (Phi) is 5.32. The largest absolute Gasteiger partial charge is 0.481 e. The van der Waals surface area contributed by atoms with Crippen LogP contribution >= 0.6 is 0 Å². The second-order valence-corrected chi connectivity index (χ2v) is 7.33. The Morgan fingerprint density at radius 3 is 2.48 bits per heavy atom. The Hall–Kier alpha value is -1.64. The van der Waals surface area contributed by atoms with Crippen molar-refractivity contribution in [3.63, 3.8) is 0 Å².